The first-order valence-corrected chi connectivity index (χ1v) is 8.26. The van der Waals surface area contributed by atoms with E-state index in [9.17, 15) is 8.42 Å². The van der Waals surface area contributed by atoms with Crippen LogP contribution < -0.4 is 4.72 Å². The van der Waals surface area contributed by atoms with Gasteiger partial charge in [-0.3, -0.25) is 4.90 Å². The lowest BCUT2D eigenvalue weighted by Gasteiger charge is -2.32. The number of hydrogen-bond donors (Lipinski definition) is 1. The zero-order valence-corrected chi connectivity index (χ0v) is 13.1. The van der Waals surface area contributed by atoms with Crippen molar-refractivity contribution in [2.45, 2.75) is 18.0 Å². The highest BCUT2D eigenvalue weighted by Crippen LogP contribution is 2.18. The van der Waals surface area contributed by atoms with Crippen LogP contribution in [0.15, 0.2) is 11.4 Å². The van der Waals surface area contributed by atoms with E-state index in [0.717, 1.165) is 13.1 Å². The molecule has 0 bridgehead atoms. The predicted octanol–water partition coefficient (Wildman–Crippen LogP) is 0.0725. The minimum atomic E-state index is -3.68. The molecule has 0 radical (unpaired) electrons. The van der Waals surface area contributed by atoms with Crippen molar-refractivity contribution in [2.24, 2.45) is 7.05 Å². The molecule has 1 atom stereocenters. The van der Waals surface area contributed by atoms with Crippen molar-refractivity contribution < 1.29 is 13.2 Å². The molecular formula is C11H19ClN4O3S. The fourth-order valence-electron chi connectivity index (χ4n) is 2.02. The van der Waals surface area contributed by atoms with Gasteiger partial charge in [0.1, 0.15) is 5.15 Å². The zero-order valence-electron chi connectivity index (χ0n) is 11.5. The molecule has 9 heteroatoms. The Kier molecular flexibility index (Phi) is 5.03. The summed E-state index contributed by atoms with van der Waals surface area (Å²) in [5.41, 5.74) is 0. The summed E-state index contributed by atoms with van der Waals surface area (Å²) in [5, 5.41) is -0.0210. The summed E-state index contributed by atoms with van der Waals surface area (Å²) in [7, 11) is -2.03. The Morgan fingerprint density at radius 1 is 1.50 bits per heavy atom. The number of halogens is 1. The molecule has 1 aliphatic rings. The highest BCUT2D eigenvalue weighted by Gasteiger charge is 2.24. The molecule has 0 aliphatic carbocycles. The number of morpholine rings is 1. The molecule has 2 rings (SSSR count). The molecule has 114 valence electrons. The minimum Gasteiger partial charge on any atom is -0.379 e. The van der Waals surface area contributed by atoms with E-state index >= 15 is 0 Å². The van der Waals surface area contributed by atoms with Gasteiger partial charge in [0.2, 0.25) is 5.03 Å². The summed E-state index contributed by atoms with van der Waals surface area (Å²) in [4.78, 5) is 6.01. The molecular weight excluding hydrogens is 304 g/mol. The van der Waals surface area contributed by atoms with Gasteiger partial charge in [-0.15, -0.1) is 0 Å². The van der Waals surface area contributed by atoms with Crippen LogP contribution in [0.4, 0.5) is 0 Å². The third-order valence-electron chi connectivity index (χ3n) is 3.33. The molecule has 0 aromatic carbocycles. The zero-order chi connectivity index (χ0) is 14.8. The van der Waals surface area contributed by atoms with Gasteiger partial charge in [-0.2, -0.15) is 0 Å². The molecule has 1 aliphatic heterocycles. The normalized spacial score (nSPS) is 19.1. The molecule has 1 fully saturated rings. The summed E-state index contributed by atoms with van der Waals surface area (Å²) < 4.78 is 33.6. The third-order valence-corrected chi connectivity index (χ3v) is 5.24. The van der Waals surface area contributed by atoms with Crippen LogP contribution in [0.25, 0.3) is 0 Å². The summed E-state index contributed by atoms with van der Waals surface area (Å²) in [5.74, 6) is 0. The highest BCUT2D eigenvalue weighted by molar-refractivity contribution is 7.89. The van der Waals surface area contributed by atoms with Crippen LogP contribution in [-0.2, 0) is 21.8 Å². The summed E-state index contributed by atoms with van der Waals surface area (Å²) in [6, 6.07) is 0.0937. The maximum absolute atomic E-state index is 12.1. The predicted molar refractivity (Wildman–Crippen MR) is 75.3 cm³/mol. The quantitative estimate of drug-likeness (QED) is 0.830. The monoisotopic (exact) mass is 322 g/mol. The SMILES string of the molecule is C[C@H](CNS(=O)(=O)c1ncn(C)c1Cl)N1CCOCC1. The van der Waals surface area contributed by atoms with Gasteiger partial charge in [0.15, 0.2) is 0 Å². The van der Waals surface area contributed by atoms with Crippen LogP contribution >= 0.6 is 11.6 Å². The van der Waals surface area contributed by atoms with Gasteiger partial charge >= 0.3 is 0 Å². The molecule has 0 spiro atoms. The molecule has 1 N–H and O–H groups in total. The topological polar surface area (TPSA) is 76.5 Å². The Labute approximate surface area is 123 Å². The van der Waals surface area contributed by atoms with E-state index in [1.54, 1.807) is 7.05 Å². The number of imidazole rings is 1. The number of ether oxygens (including phenoxy) is 1. The molecule has 20 heavy (non-hydrogen) atoms. The summed E-state index contributed by atoms with van der Waals surface area (Å²) >= 11 is 5.91. The lowest BCUT2D eigenvalue weighted by molar-refractivity contribution is 0.0213. The fourth-order valence-corrected chi connectivity index (χ4v) is 3.57. The average Bonchev–Trinajstić information content (AvgIpc) is 2.78. The van der Waals surface area contributed by atoms with Crippen LogP contribution in [0.5, 0.6) is 0 Å². The van der Waals surface area contributed by atoms with Gasteiger partial charge in [-0.05, 0) is 6.92 Å². The Morgan fingerprint density at radius 3 is 2.70 bits per heavy atom. The fraction of sp³-hybridized carbons (Fsp3) is 0.727. The number of hydrogen-bond acceptors (Lipinski definition) is 5. The first kappa shape index (κ1) is 15.7. The van der Waals surface area contributed by atoms with Crippen LogP contribution in [0.3, 0.4) is 0 Å². The van der Waals surface area contributed by atoms with E-state index in [2.05, 4.69) is 14.6 Å². The lowest BCUT2D eigenvalue weighted by Crippen LogP contribution is -2.47. The molecule has 0 amide bonds. The molecule has 1 aromatic heterocycles. The van der Waals surface area contributed by atoms with Gasteiger partial charge in [0.25, 0.3) is 10.0 Å². The second kappa shape index (κ2) is 6.40. The van der Waals surface area contributed by atoms with E-state index in [1.807, 2.05) is 6.92 Å². The van der Waals surface area contributed by atoms with Crippen LogP contribution in [0.1, 0.15) is 6.92 Å². The Bertz CT molecular complexity index is 554. The number of aryl methyl sites for hydroxylation is 1. The lowest BCUT2D eigenvalue weighted by atomic mass is 10.2. The van der Waals surface area contributed by atoms with Crippen molar-refractivity contribution in [1.82, 2.24) is 19.2 Å². The second-order valence-electron chi connectivity index (χ2n) is 4.80. The number of aromatic nitrogens is 2. The first-order chi connectivity index (χ1) is 9.42. The number of rotatable bonds is 5. The molecule has 1 saturated heterocycles. The van der Waals surface area contributed by atoms with Crippen LogP contribution in [-0.4, -0.2) is 61.8 Å². The van der Waals surface area contributed by atoms with E-state index in [1.165, 1.54) is 10.9 Å². The minimum absolute atomic E-state index is 0.0937. The van der Waals surface area contributed by atoms with E-state index in [0.29, 0.717) is 19.8 Å². The standard InChI is InChI=1S/C11H19ClN4O3S/c1-9(16-3-5-19-6-4-16)7-14-20(17,18)11-10(12)15(2)8-13-11/h8-9,14H,3-7H2,1-2H3/t9-/m1/s1. The molecule has 0 unspecified atom stereocenters. The van der Waals surface area contributed by atoms with Gasteiger partial charge in [-0.25, -0.2) is 18.1 Å². The van der Waals surface area contributed by atoms with E-state index in [4.69, 9.17) is 16.3 Å². The largest absolute Gasteiger partial charge is 0.379 e. The molecule has 7 nitrogen and oxygen atoms in total. The summed E-state index contributed by atoms with van der Waals surface area (Å²) in [6.07, 6.45) is 1.38. The smallest absolute Gasteiger partial charge is 0.261 e. The Balaban J connectivity index is 1.97. The maximum Gasteiger partial charge on any atom is 0.261 e. The van der Waals surface area contributed by atoms with Crippen LogP contribution in [0.2, 0.25) is 5.15 Å². The van der Waals surface area contributed by atoms with Gasteiger partial charge in [0, 0.05) is 32.7 Å². The maximum atomic E-state index is 12.1. The van der Waals surface area contributed by atoms with Crippen molar-refractivity contribution in [2.75, 3.05) is 32.8 Å². The molecule has 2 heterocycles. The van der Waals surface area contributed by atoms with Crippen molar-refractivity contribution in [1.29, 1.82) is 0 Å². The molecule has 0 saturated carbocycles. The van der Waals surface area contributed by atoms with Crippen molar-refractivity contribution in [3.8, 4) is 0 Å². The van der Waals surface area contributed by atoms with Crippen molar-refractivity contribution in [3.63, 3.8) is 0 Å². The molecule has 1 aromatic rings. The third kappa shape index (κ3) is 3.50. The van der Waals surface area contributed by atoms with E-state index < -0.39 is 10.0 Å². The highest BCUT2D eigenvalue weighted by atomic mass is 35.5. The Morgan fingerprint density at radius 2 is 2.15 bits per heavy atom. The van der Waals surface area contributed by atoms with Crippen LogP contribution in [0, 0.1) is 0 Å². The van der Waals surface area contributed by atoms with Crippen molar-refractivity contribution in [3.05, 3.63) is 11.5 Å². The van der Waals surface area contributed by atoms with E-state index in [-0.39, 0.29) is 16.2 Å². The van der Waals surface area contributed by atoms with Gasteiger partial charge in [-0.1, -0.05) is 11.6 Å². The average molecular weight is 323 g/mol. The number of sulfonamides is 1. The second-order valence-corrected chi connectivity index (χ2v) is 6.84. The Hall–Kier alpha value is -0.670. The summed E-state index contributed by atoms with van der Waals surface area (Å²) in [6.45, 7) is 5.29. The first-order valence-electron chi connectivity index (χ1n) is 6.40. The number of nitrogens with zero attached hydrogens (tertiary/aromatic N) is 3. The number of nitrogens with one attached hydrogen (secondary N) is 1. The van der Waals surface area contributed by atoms with Gasteiger partial charge in [0.05, 0.1) is 19.5 Å². The van der Waals surface area contributed by atoms with Gasteiger partial charge < -0.3 is 9.30 Å². The van der Waals surface area contributed by atoms with Crippen molar-refractivity contribution >= 4 is 21.6 Å².